The van der Waals surface area contributed by atoms with Gasteiger partial charge in [-0.15, -0.1) is 0 Å². The van der Waals surface area contributed by atoms with E-state index in [-0.39, 0.29) is 56.5 Å². The van der Waals surface area contributed by atoms with Gasteiger partial charge in [-0.1, -0.05) is 0 Å². The smallest absolute Gasteiger partial charge is 0.197 e. The van der Waals surface area contributed by atoms with Gasteiger partial charge < -0.3 is 38.4 Å². The summed E-state index contributed by atoms with van der Waals surface area (Å²) in [4.78, 5) is 26.3. The molecule has 0 amide bonds. The van der Waals surface area contributed by atoms with Crippen LogP contribution in [0.15, 0.2) is 91.2 Å². The van der Waals surface area contributed by atoms with Gasteiger partial charge in [0.05, 0.1) is 26.9 Å². The molecule has 4 aromatic carbocycles. The highest BCUT2D eigenvalue weighted by molar-refractivity contribution is 6.00. The fraction of sp³-hybridized carbons (Fsp3) is 0.0909. The molecule has 0 unspecified atom stereocenters. The van der Waals surface area contributed by atoms with Crippen LogP contribution in [-0.2, 0) is 0 Å². The number of rotatable bonds is 6. The van der Waals surface area contributed by atoms with Gasteiger partial charge in [-0.05, 0) is 48.0 Å². The quantitative estimate of drug-likeness (QED) is 0.213. The molecule has 2 heterocycles. The second-order valence-electron chi connectivity index (χ2n) is 9.64. The van der Waals surface area contributed by atoms with E-state index in [0.717, 1.165) is 0 Å². The zero-order chi connectivity index (χ0) is 30.4. The topological polar surface area (TPSA) is 149 Å². The molecule has 0 radical (unpaired) electrons. The predicted molar refractivity (Wildman–Crippen MR) is 159 cm³/mol. The lowest BCUT2D eigenvalue weighted by Crippen LogP contribution is -2.03. The molecule has 216 valence electrons. The molecule has 3 N–H and O–H groups in total. The van der Waals surface area contributed by atoms with E-state index in [4.69, 9.17) is 23.0 Å². The van der Waals surface area contributed by atoms with Crippen LogP contribution in [0.25, 0.3) is 55.7 Å². The Kier molecular flexibility index (Phi) is 6.66. The van der Waals surface area contributed by atoms with E-state index in [1.807, 2.05) is 0 Å². The van der Waals surface area contributed by atoms with Gasteiger partial charge in [0.1, 0.15) is 62.4 Å². The van der Waals surface area contributed by atoms with Gasteiger partial charge in [0.2, 0.25) is 0 Å². The zero-order valence-corrected chi connectivity index (χ0v) is 23.1. The Morgan fingerprint density at radius 3 is 1.86 bits per heavy atom. The molecule has 6 rings (SSSR count). The number of phenols is 3. The number of ether oxygens (including phenoxy) is 3. The molecule has 0 fully saturated rings. The van der Waals surface area contributed by atoms with E-state index in [1.165, 1.54) is 63.8 Å². The minimum atomic E-state index is -0.497. The Bertz CT molecular complexity index is 2160. The molecule has 0 spiro atoms. The van der Waals surface area contributed by atoms with Gasteiger partial charge in [0, 0.05) is 41.5 Å². The van der Waals surface area contributed by atoms with Crippen LogP contribution >= 0.6 is 0 Å². The molecule has 10 nitrogen and oxygen atoms in total. The summed E-state index contributed by atoms with van der Waals surface area (Å²) in [7, 11) is 4.31. The van der Waals surface area contributed by atoms with E-state index in [1.54, 1.807) is 30.3 Å². The van der Waals surface area contributed by atoms with Crippen molar-refractivity contribution < 1.29 is 38.4 Å². The third kappa shape index (κ3) is 4.74. The van der Waals surface area contributed by atoms with Gasteiger partial charge in [0.15, 0.2) is 16.4 Å². The van der Waals surface area contributed by atoms with Gasteiger partial charge >= 0.3 is 0 Å². The van der Waals surface area contributed by atoms with E-state index in [2.05, 4.69) is 0 Å². The van der Waals surface area contributed by atoms with Crippen molar-refractivity contribution in [1.82, 2.24) is 0 Å². The number of methoxy groups -OCH3 is 3. The van der Waals surface area contributed by atoms with Gasteiger partial charge in [0.25, 0.3) is 0 Å². The van der Waals surface area contributed by atoms with Crippen LogP contribution in [-0.4, -0.2) is 36.6 Å². The van der Waals surface area contributed by atoms with Gasteiger partial charge in [-0.3, -0.25) is 9.59 Å². The third-order valence-corrected chi connectivity index (χ3v) is 7.05. The molecule has 6 aromatic rings. The number of aromatic hydroxyl groups is 3. The van der Waals surface area contributed by atoms with Crippen molar-refractivity contribution in [3.8, 4) is 68.3 Å². The lowest BCUT2D eigenvalue weighted by Gasteiger charge is -2.16. The Balaban J connectivity index is 1.64. The summed E-state index contributed by atoms with van der Waals surface area (Å²) in [5.74, 6) is 0.678. The van der Waals surface area contributed by atoms with Crippen molar-refractivity contribution in [1.29, 1.82) is 0 Å². The summed E-state index contributed by atoms with van der Waals surface area (Å²) in [6.45, 7) is 0. The first-order valence-electron chi connectivity index (χ1n) is 12.9. The first kappa shape index (κ1) is 27.3. The largest absolute Gasteiger partial charge is 0.508 e. The fourth-order valence-electron chi connectivity index (χ4n) is 5.00. The van der Waals surface area contributed by atoms with E-state index in [9.17, 15) is 24.9 Å². The maximum absolute atomic E-state index is 13.3. The minimum absolute atomic E-state index is 0.00222. The Morgan fingerprint density at radius 1 is 0.581 bits per heavy atom. The number of benzene rings is 4. The molecule has 0 aliphatic carbocycles. The minimum Gasteiger partial charge on any atom is -0.508 e. The van der Waals surface area contributed by atoms with Crippen LogP contribution < -0.4 is 25.1 Å². The van der Waals surface area contributed by atoms with Crippen LogP contribution in [0.1, 0.15) is 0 Å². The summed E-state index contributed by atoms with van der Waals surface area (Å²) in [6.07, 6.45) is 0. The molecular formula is C33H24O10. The molecule has 0 saturated heterocycles. The van der Waals surface area contributed by atoms with Gasteiger partial charge in [-0.25, -0.2) is 0 Å². The molecular weight excluding hydrogens is 556 g/mol. The zero-order valence-electron chi connectivity index (χ0n) is 23.1. The second-order valence-corrected chi connectivity index (χ2v) is 9.64. The maximum Gasteiger partial charge on any atom is 0.197 e. The van der Waals surface area contributed by atoms with Crippen LogP contribution in [0.2, 0.25) is 0 Å². The average Bonchev–Trinajstić information content (AvgIpc) is 3.00. The maximum atomic E-state index is 13.3. The highest BCUT2D eigenvalue weighted by Crippen LogP contribution is 2.44. The molecule has 43 heavy (non-hydrogen) atoms. The van der Waals surface area contributed by atoms with Crippen molar-refractivity contribution in [2.45, 2.75) is 0 Å². The summed E-state index contributed by atoms with van der Waals surface area (Å²) in [5, 5.41) is 30.8. The lowest BCUT2D eigenvalue weighted by atomic mass is 9.97. The van der Waals surface area contributed by atoms with Crippen molar-refractivity contribution in [2.75, 3.05) is 21.3 Å². The Labute approximate surface area is 243 Å². The van der Waals surface area contributed by atoms with Crippen LogP contribution in [0, 0.1) is 0 Å². The predicted octanol–water partition coefficient (Wildman–Crippen LogP) is 6.04. The van der Waals surface area contributed by atoms with Crippen molar-refractivity contribution in [3.63, 3.8) is 0 Å². The highest BCUT2D eigenvalue weighted by atomic mass is 16.5. The number of hydrogen-bond donors (Lipinski definition) is 3. The van der Waals surface area contributed by atoms with Crippen molar-refractivity contribution in [2.24, 2.45) is 0 Å². The Morgan fingerprint density at radius 2 is 1.19 bits per heavy atom. The fourth-order valence-corrected chi connectivity index (χ4v) is 5.00. The molecule has 0 bridgehead atoms. The van der Waals surface area contributed by atoms with Crippen molar-refractivity contribution >= 4 is 21.9 Å². The van der Waals surface area contributed by atoms with E-state index in [0.29, 0.717) is 33.8 Å². The first-order valence-corrected chi connectivity index (χ1v) is 12.9. The van der Waals surface area contributed by atoms with Crippen LogP contribution in [0.4, 0.5) is 0 Å². The molecule has 0 saturated carbocycles. The normalized spacial score (nSPS) is 11.1. The summed E-state index contributed by atoms with van der Waals surface area (Å²) in [5.41, 5.74) is 0.918. The SMILES string of the molecule is COc1cc(-c2cc(=O)c3c(O)cc(OC)cc3o2)cc(-c2c(OC)cc(O)c3c(=O)cc(-c4ccc(O)cc4)oc23)c1. The number of fused-ring (bicyclic) bond motifs is 2. The molecule has 10 heteroatoms. The first-order chi connectivity index (χ1) is 20.7. The van der Waals surface area contributed by atoms with Gasteiger partial charge in [-0.2, -0.15) is 0 Å². The molecule has 0 atom stereocenters. The van der Waals surface area contributed by atoms with Crippen LogP contribution in [0.5, 0.6) is 34.5 Å². The van der Waals surface area contributed by atoms with E-state index < -0.39 is 10.9 Å². The summed E-state index contributed by atoms with van der Waals surface area (Å²) >= 11 is 0. The van der Waals surface area contributed by atoms with E-state index >= 15 is 0 Å². The highest BCUT2D eigenvalue weighted by Gasteiger charge is 2.22. The number of phenolic OH excluding ortho intramolecular Hbond substituents is 3. The lowest BCUT2D eigenvalue weighted by molar-refractivity contribution is 0.407. The monoisotopic (exact) mass is 580 g/mol. The summed E-state index contributed by atoms with van der Waals surface area (Å²) in [6, 6.07) is 17.8. The molecule has 2 aromatic heterocycles. The summed E-state index contributed by atoms with van der Waals surface area (Å²) < 4.78 is 28.7. The van der Waals surface area contributed by atoms with Crippen molar-refractivity contribution in [3.05, 3.63) is 93.2 Å². The van der Waals surface area contributed by atoms with Crippen LogP contribution in [0.3, 0.4) is 0 Å². The molecule has 0 aliphatic rings. The third-order valence-electron chi connectivity index (χ3n) is 7.05. The number of hydrogen-bond acceptors (Lipinski definition) is 10. The molecule has 0 aliphatic heterocycles. The average molecular weight is 581 g/mol. The standard InChI is InChI=1S/C33H24O10/c1-39-20-9-17(27-13-23(36)31-22(35)11-21(40-2)12-29(31)42-27)8-18(10-20)30-28(41-3)15-25(38)32-24(37)14-26(43-33(30)32)16-4-6-19(34)7-5-16/h4-15,34-35,38H,1-3H3. The Hall–Kier alpha value is -5.90. The second kappa shape index (κ2) is 10.5.